The second kappa shape index (κ2) is 7.10. The van der Waals surface area contributed by atoms with Crippen molar-refractivity contribution in [3.8, 4) is 0 Å². The Labute approximate surface area is 124 Å². The van der Waals surface area contributed by atoms with Gasteiger partial charge >= 0.3 is 0 Å². The molecule has 4 heteroatoms. The summed E-state index contributed by atoms with van der Waals surface area (Å²) < 4.78 is 13.9. The van der Waals surface area contributed by atoms with Crippen molar-refractivity contribution in [1.29, 1.82) is 0 Å². The average molecular weight is 387 g/mol. The number of benzene rings is 1. The van der Waals surface area contributed by atoms with Crippen LogP contribution in [0.15, 0.2) is 18.2 Å². The van der Waals surface area contributed by atoms with Crippen molar-refractivity contribution in [3.05, 3.63) is 34.6 Å². The molecule has 0 nitrogen and oxygen atoms in total. The van der Waals surface area contributed by atoms with Gasteiger partial charge in [-0.25, -0.2) is 4.39 Å². The van der Waals surface area contributed by atoms with E-state index < -0.39 is 0 Å². The van der Waals surface area contributed by atoms with E-state index in [4.69, 9.17) is 11.6 Å². The summed E-state index contributed by atoms with van der Waals surface area (Å²) in [7, 11) is 0. The molecule has 0 bridgehead atoms. The molecule has 96 valence electrons. The van der Waals surface area contributed by atoms with Gasteiger partial charge in [-0.3, -0.25) is 0 Å². The molecule has 0 aliphatic carbocycles. The number of rotatable bonds is 6. The predicted molar refractivity (Wildman–Crippen MR) is 80.0 cm³/mol. The van der Waals surface area contributed by atoms with Gasteiger partial charge in [-0.05, 0) is 29.9 Å². The first kappa shape index (κ1) is 15.5. The van der Waals surface area contributed by atoms with Gasteiger partial charge in [-0.2, -0.15) is 0 Å². The summed E-state index contributed by atoms with van der Waals surface area (Å²) in [4.78, 5) is 0. The molecule has 0 aliphatic heterocycles. The Hall–Kier alpha value is 0.400. The van der Waals surface area contributed by atoms with Crippen molar-refractivity contribution in [1.82, 2.24) is 0 Å². The first-order chi connectivity index (χ1) is 8.08. The molecule has 0 saturated carbocycles. The summed E-state index contributed by atoms with van der Waals surface area (Å²) in [5.41, 5.74) is 0.755. The van der Waals surface area contributed by atoms with E-state index in [0.717, 1.165) is 23.5 Å². The lowest BCUT2D eigenvalue weighted by atomic mass is 9.81. The maximum Gasteiger partial charge on any atom is 0.144 e. The average Bonchev–Trinajstić information content (AvgIpc) is 2.34. The highest BCUT2D eigenvalue weighted by Crippen LogP contribution is 2.34. The number of hydrogen-bond acceptors (Lipinski definition) is 0. The predicted octanol–water partition coefficient (Wildman–Crippen LogP) is 5.60. The van der Waals surface area contributed by atoms with Crippen LogP contribution in [-0.2, 0) is 6.42 Å². The Bertz CT molecular complexity index is 364. The summed E-state index contributed by atoms with van der Waals surface area (Å²) in [6.45, 7) is 2.15. The van der Waals surface area contributed by atoms with E-state index in [-0.39, 0.29) is 16.3 Å². The van der Waals surface area contributed by atoms with Gasteiger partial charge in [0, 0.05) is 10.7 Å². The van der Waals surface area contributed by atoms with Gasteiger partial charge in [0.1, 0.15) is 5.82 Å². The van der Waals surface area contributed by atoms with Crippen LogP contribution < -0.4 is 0 Å². The van der Waals surface area contributed by atoms with Crippen LogP contribution in [0.25, 0.3) is 0 Å². The quantitative estimate of drug-likeness (QED) is 0.559. The Morgan fingerprint density at radius 1 is 1.29 bits per heavy atom. The largest absolute Gasteiger partial charge is 0.205 e. The van der Waals surface area contributed by atoms with Crippen LogP contribution in [0.1, 0.15) is 25.3 Å². The van der Waals surface area contributed by atoms with Crippen LogP contribution in [0.3, 0.4) is 0 Å². The molecule has 1 aromatic carbocycles. The second-order valence-corrected chi connectivity index (χ2v) is 5.94. The van der Waals surface area contributed by atoms with E-state index in [2.05, 4.69) is 38.8 Å². The summed E-state index contributed by atoms with van der Waals surface area (Å²) in [5.74, 6) is -0.281. The Balaban J connectivity index is 2.97. The van der Waals surface area contributed by atoms with Gasteiger partial charge in [0.15, 0.2) is 0 Å². The Kier molecular flexibility index (Phi) is 6.46. The zero-order valence-corrected chi connectivity index (χ0v) is 13.7. The molecule has 0 aliphatic rings. The standard InChI is InChI=1S/C13H16Br2ClF/c1-2-6-13(8-14,9-15)7-10-4-3-5-11(16)12(10)17/h3-5H,2,6-9H2,1H3. The molecule has 0 spiro atoms. The zero-order chi connectivity index (χ0) is 12.9. The molecular weight excluding hydrogens is 370 g/mol. The fraction of sp³-hybridized carbons (Fsp3) is 0.538. The molecule has 0 heterocycles. The third kappa shape index (κ3) is 3.93. The highest BCUT2D eigenvalue weighted by Gasteiger charge is 2.28. The topological polar surface area (TPSA) is 0 Å². The summed E-state index contributed by atoms with van der Waals surface area (Å²) in [6, 6.07) is 5.21. The normalized spacial score (nSPS) is 11.8. The van der Waals surface area contributed by atoms with E-state index in [9.17, 15) is 4.39 Å². The van der Waals surface area contributed by atoms with Crippen molar-refractivity contribution >= 4 is 43.5 Å². The lowest BCUT2D eigenvalue weighted by molar-refractivity contribution is 0.346. The van der Waals surface area contributed by atoms with Crippen molar-refractivity contribution in [2.45, 2.75) is 26.2 Å². The van der Waals surface area contributed by atoms with Crippen LogP contribution in [0.5, 0.6) is 0 Å². The molecule has 0 unspecified atom stereocenters. The van der Waals surface area contributed by atoms with Crippen molar-refractivity contribution in [2.24, 2.45) is 5.41 Å². The smallest absolute Gasteiger partial charge is 0.144 e. The maximum absolute atomic E-state index is 13.9. The van der Waals surface area contributed by atoms with Crippen molar-refractivity contribution < 1.29 is 4.39 Å². The number of halogens is 4. The van der Waals surface area contributed by atoms with Gasteiger partial charge in [-0.15, -0.1) is 0 Å². The minimum absolute atomic E-state index is 0.0558. The van der Waals surface area contributed by atoms with Crippen molar-refractivity contribution in [3.63, 3.8) is 0 Å². The van der Waals surface area contributed by atoms with Crippen molar-refractivity contribution in [2.75, 3.05) is 10.7 Å². The molecule has 0 fully saturated rings. The molecule has 0 N–H and O–H groups in total. The monoisotopic (exact) mass is 384 g/mol. The van der Waals surface area contributed by atoms with E-state index in [0.29, 0.717) is 12.0 Å². The summed E-state index contributed by atoms with van der Waals surface area (Å²) >= 11 is 12.9. The first-order valence-corrected chi connectivity index (χ1v) is 8.25. The van der Waals surface area contributed by atoms with Gasteiger partial charge in [-0.1, -0.05) is 68.9 Å². The minimum Gasteiger partial charge on any atom is -0.205 e. The molecule has 0 saturated heterocycles. The Morgan fingerprint density at radius 3 is 2.47 bits per heavy atom. The molecule has 0 amide bonds. The van der Waals surface area contributed by atoms with E-state index in [1.807, 2.05) is 6.07 Å². The molecule has 1 rings (SSSR count). The van der Waals surface area contributed by atoms with E-state index in [1.54, 1.807) is 12.1 Å². The lowest BCUT2D eigenvalue weighted by Gasteiger charge is -2.30. The van der Waals surface area contributed by atoms with Crippen LogP contribution in [0.2, 0.25) is 5.02 Å². The molecule has 0 radical (unpaired) electrons. The minimum atomic E-state index is -0.281. The fourth-order valence-electron chi connectivity index (χ4n) is 1.97. The summed E-state index contributed by atoms with van der Waals surface area (Å²) in [5, 5.41) is 1.91. The second-order valence-electron chi connectivity index (χ2n) is 4.41. The van der Waals surface area contributed by atoms with Gasteiger partial charge < -0.3 is 0 Å². The molecule has 0 atom stereocenters. The molecule has 17 heavy (non-hydrogen) atoms. The van der Waals surface area contributed by atoms with Gasteiger partial charge in [0.05, 0.1) is 5.02 Å². The first-order valence-electron chi connectivity index (χ1n) is 5.63. The van der Waals surface area contributed by atoms with Crippen LogP contribution in [0, 0.1) is 11.2 Å². The highest BCUT2D eigenvalue weighted by atomic mass is 79.9. The zero-order valence-electron chi connectivity index (χ0n) is 9.78. The molecule has 0 aromatic heterocycles. The summed E-state index contributed by atoms with van der Waals surface area (Å²) in [6.07, 6.45) is 2.83. The number of alkyl halides is 2. The van der Waals surface area contributed by atoms with E-state index >= 15 is 0 Å². The van der Waals surface area contributed by atoms with Gasteiger partial charge in [0.2, 0.25) is 0 Å². The van der Waals surface area contributed by atoms with Crippen LogP contribution >= 0.6 is 43.5 Å². The number of hydrogen-bond donors (Lipinski definition) is 0. The van der Waals surface area contributed by atoms with Crippen LogP contribution in [0.4, 0.5) is 4.39 Å². The highest BCUT2D eigenvalue weighted by molar-refractivity contribution is 9.09. The molecular formula is C13H16Br2ClF. The third-order valence-corrected chi connectivity index (χ3v) is 5.62. The molecule has 1 aromatic rings. The van der Waals surface area contributed by atoms with E-state index in [1.165, 1.54) is 0 Å². The van der Waals surface area contributed by atoms with Gasteiger partial charge in [0.25, 0.3) is 0 Å². The maximum atomic E-state index is 13.9. The lowest BCUT2D eigenvalue weighted by Crippen LogP contribution is -2.28. The fourth-order valence-corrected chi connectivity index (χ4v) is 4.05. The third-order valence-electron chi connectivity index (χ3n) is 2.94. The Morgan fingerprint density at radius 2 is 1.94 bits per heavy atom. The SMILES string of the molecule is CCCC(CBr)(CBr)Cc1cccc(Cl)c1F. The van der Waals surface area contributed by atoms with Crippen LogP contribution in [-0.4, -0.2) is 10.7 Å².